The predicted octanol–water partition coefficient (Wildman–Crippen LogP) is 0.786. The van der Waals surface area contributed by atoms with Crippen LogP contribution in [-0.4, -0.2) is 14.3 Å². The maximum Gasteiger partial charge on any atom is 0.260 e. The third kappa shape index (κ3) is 1.32. The molecular formula is C9H10N2O2S2. The topological polar surface area (TPSA) is 72.5 Å². The lowest BCUT2D eigenvalue weighted by Crippen LogP contribution is -2.23. The van der Waals surface area contributed by atoms with Gasteiger partial charge in [-0.2, -0.15) is 0 Å². The molecule has 0 spiro atoms. The summed E-state index contributed by atoms with van der Waals surface area (Å²) in [5, 5.41) is 0. The summed E-state index contributed by atoms with van der Waals surface area (Å²) >= 11 is 1.59. The van der Waals surface area contributed by atoms with Crippen LogP contribution in [0.3, 0.4) is 0 Å². The van der Waals surface area contributed by atoms with E-state index < -0.39 is 10.0 Å². The van der Waals surface area contributed by atoms with E-state index in [1.807, 2.05) is 0 Å². The quantitative estimate of drug-likeness (QED) is 0.731. The van der Waals surface area contributed by atoms with E-state index in [0.29, 0.717) is 0 Å². The van der Waals surface area contributed by atoms with Gasteiger partial charge in [-0.05, 0) is 24.8 Å². The van der Waals surface area contributed by atoms with Gasteiger partial charge in [-0.3, -0.25) is 0 Å². The largest absolute Gasteiger partial charge is 0.382 e. The lowest BCUT2D eigenvalue weighted by Gasteiger charge is -2.10. The molecule has 15 heavy (non-hydrogen) atoms. The average molecular weight is 242 g/mol. The summed E-state index contributed by atoms with van der Waals surface area (Å²) < 4.78 is 26.4. The molecule has 2 N–H and O–H groups in total. The van der Waals surface area contributed by atoms with E-state index in [1.54, 1.807) is 11.3 Å². The molecule has 2 aliphatic rings. The second-order valence-corrected chi connectivity index (χ2v) is 6.68. The lowest BCUT2D eigenvalue weighted by molar-refractivity contribution is 0.597. The maximum atomic E-state index is 11.4. The molecule has 6 heteroatoms. The molecular weight excluding hydrogens is 232 g/mol. The van der Waals surface area contributed by atoms with Crippen LogP contribution in [0.4, 0.5) is 0 Å². The van der Waals surface area contributed by atoms with Gasteiger partial charge in [0.2, 0.25) is 0 Å². The number of sulfonamides is 1. The summed E-state index contributed by atoms with van der Waals surface area (Å²) in [5.41, 5.74) is 7.88. The Labute approximate surface area is 91.9 Å². The smallest absolute Gasteiger partial charge is 0.260 e. The number of nitrogens with two attached hydrogens (primary N) is 1. The van der Waals surface area contributed by atoms with Crippen LogP contribution in [-0.2, 0) is 28.6 Å². The Morgan fingerprint density at radius 3 is 2.87 bits per heavy atom. The van der Waals surface area contributed by atoms with Crippen LogP contribution in [0.2, 0.25) is 0 Å². The third-order valence-electron chi connectivity index (χ3n) is 2.80. The van der Waals surface area contributed by atoms with E-state index in [0.717, 1.165) is 29.7 Å². The summed E-state index contributed by atoms with van der Waals surface area (Å²) in [6.45, 7) is 0. The van der Waals surface area contributed by atoms with Crippen LogP contribution in [0.25, 0.3) is 0 Å². The normalized spacial score (nSPS) is 22.0. The fraction of sp³-hybridized carbons (Fsp3) is 0.444. The highest BCUT2D eigenvalue weighted by Crippen LogP contribution is 2.38. The van der Waals surface area contributed by atoms with Gasteiger partial charge in [-0.15, -0.1) is 15.7 Å². The van der Waals surface area contributed by atoms with Crippen LogP contribution in [0, 0.1) is 0 Å². The van der Waals surface area contributed by atoms with Crippen LogP contribution in [0.15, 0.2) is 4.40 Å². The van der Waals surface area contributed by atoms with Crippen LogP contribution >= 0.6 is 11.3 Å². The number of amidine groups is 1. The predicted molar refractivity (Wildman–Crippen MR) is 59.7 cm³/mol. The molecule has 0 aromatic carbocycles. The number of rotatable bonds is 0. The molecule has 1 aromatic rings. The number of thiophene rings is 1. The van der Waals surface area contributed by atoms with Gasteiger partial charge in [-0.25, -0.2) is 8.42 Å². The molecule has 4 nitrogen and oxygen atoms in total. The number of fused-ring (bicyclic) bond motifs is 3. The molecule has 3 rings (SSSR count). The Hall–Kier alpha value is -0.880. The van der Waals surface area contributed by atoms with Crippen molar-refractivity contribution < 1.29 is 8.42 Å². The van der Waals surface area contributed by atoms with E-state index in [4.69, 9.17) is 5.73 Å². The SMILES string of the molecule is NC1=NS(=O)(=O)Cc2sc3c(c21)CCC3. The maximum absolute atomic E-state index is 11.4. The van der Waals surface area contributed by atoms with Crippen molar-refractivity contribution in [1.82, 2.24) is 0 Å². The Morgan fingerprint density at radius 1 is 1.27 bits per heavy atom. The minimum atomic E-state index is -3.36. The highest BCUT2D eigenvalue weighted by molar-refractivity contribution is 7.89. The monoisotopic (exact) mass is 242 g/mol. The van der Waals surface area contributed by atoms with Gasteiger partial charge in [-0.1, -0.05) is 0 Å². The zero-order chi connectivity index (χ0) is 10.6. The summed E-state index contributed by atoms with van der Waals surface area (Å²) in [5.74, 6) is 0.219. The molecule has 0 fully saturated rings. The Morgan fingerprint density at radius 2 is 2.07 bits per heavy atom. The summed E-state index contributed by atoms with van der Waals surface area (Å²) in [6, 6.07) is 0. The van der Waals surface area contributed by atoms with Crippen molar-refractivity contribution in [3.8, 4) is 0 Å². The molecule has 0 radical (unpaired) electrons. The van der Waals surface area contributed by atoms with Crippen molar-refractivity contribution >= 4 is 27.2 Å². The summed E-state index contributed by atoms with van der Waals surface area (Å²) in [7, 11) is -3.36. The standard InChI is InChI=1S/C9H10N2O2S2/c10-9-8-5-2-1-3-6(5)14-7(8)4-15(12,13)11-9/h1-4H2,(H2,10,11). The first-order chi connectivity index (χ1) is 7.07. The lowest BCUT2D eigenvalue weighted by atomic mass is 10.1. The number of hydrogen-bond donors (Lipinski definition) is 1. The van der Waals surface area contributed by atoms with Gasteiger partial charge in [0.05, 0.1) is 0 Å². The van der Waals surface area contributed by atoms with E-state index in [9.17, 15) is 8.42 Å². The summed E-state index contributed by atoms with van der Waals surface area (Å²) in [6.07, 6.45) is 3.21. The fourth-order valence-corrected chi connectivity index (χ4v) is 5.07. The number of nitrogens with zero attached hydrogens (tertiary/aromatic N) is 1. The molecule has 0 saturated carbocycles. The number of hydrogen-bond acceptors (Lipinski definition) is 4. The molecule has 1 aromatic heterocycles. The van der Waals surface area contributed by atoms with Crippen LogP contribution < -0.4 is 5.73 Å². The van der Waals surface area contributed by atoms with Gasteiger partial charge >= 0.3 is 0 Å². The molecule has 0 bridgehead atoms. The zero-order valence-electron chi connectivity index (χ0n) is 7.99. The molecule has 80 valence electrons. The van der Waals surface area contributed by atoms with Gasteiger partial charge in [0.15, 0.2) is 0 Å². The average Bonchev–Trinajstić information content (AvgIpc) is 2.58. The minimum absolute atomic E-state index is 0.0285. The van der Waals surface area contributed by atoms with Crippen molar-refractivity contribution in [3.63, 3.8) is 0 Å². The molecule has 1 aliphatic carbocycles. The van der Waals surface area contributed by atoms with Crippen molar-refractivity contribution in [2.24, 2.45) is 10.1 Å². The second kappa shape index (κ2) is 2.82. The molecule has 2 heterocycles. The molecule has 0 unspecified atom stereocenters. The molecule has 0 saturated heterocycles. The molecule has 0 amide bonds. The van der Waals surface area contributed by atoms with Crippen LogP contribution in [0.5, 0.6) is 0 Å². The van der Waals surface area contributed by atoms with Crippen molar-refractivity contribution in [2.45, 2.75) is 25.0 Å². The van der Waals surface area contributed by atoms with E-state index in [2.05, 4.69) is 4.40 Å². The zero-order valence-corrected chi connectivity index (χ0v) is 9.62. The Balaban J connectivity index is 2.27. The first kappa shape index (κ1) is 9.35. The first-order valence-corrected chi connectivity index (χ1v) is 7.21. The van der Waals surface area contributed by atoms with E-state index in [1.165, 1.54) is 10.4 Å². The fourth-order valence-electron chi connectivity index (χ4n) is 2.25. The Bertz CT molecular complexity index is 569. The highest BCUT2D eigenvalue weighted by atomic mass is 32.2. The Kier molecular flexibility index (Phi) is 1.76. The number of aryl methyl sites for hydroxylation is 1. The molecule has 0 atom stereocenters. The summed E-state index contributed by atoms with van der Waals surface area (Å²) in [4.78, 5) is 2.18. The van der Waals surface area contributed by atoms with Gasteiger partial charge in [0.1, 0.15) is 11.6 Å². The third-order valence-corrected chi connectivity index (χ3v) is 5.40. The van der Waals surface area contributed by atoms with Crippen molar-refractivity contribution in [2.75, 3.05) is 0 Å². The van der Waals surface area contributed by atoms with E-state index in [-0.39, 0.29) is 11.6 Å². The van der Waals surface area contributed by atoms with E-state index >= 15 is 0 Å². The highest BCUT2D eigenvalue weighted by Gasteiger charge is 2.30. The second-order valence-electron chi connectivity index (χ2n) is 3.86. The van der Waals surface area contributed by atoms with Gasteiger partial charge in [0, 0.05) is 15.3 Å². The first-order valence-electron chi connectivity index (χ1n) is 4.79. The molecule has 1 aliphatic heterocycles. The minimum Gasteiger partial charge on any atom is -0.382 e. The van der Waals surface area contributed by atoms with Gasteiger partial charge < -0.3 is 5.73 Å². The van der Waals surface area contributed by atoms with Gasteiger partial charge in [0.25, 0.3) is 10.0 Å². The van der Waals surface area contributed by atoms with Crippen LogP contribution in [0.1, 0.15) is 27.3 Å². The van der Waals surface area contributed by atoms with Crippen molar-refractivity contribution in [3.05, 3.63) is 20.9 Å². The van der Waals surface area contributed by atoms with Crippen molar-refractivity contribution in [1.29, 1.82) is 0 Å².